The Morgan fingerprint density at radius 1 is 1.57 bits per heavy atom. The van der Waals surface area contributed by atoms with Crippen LogP contribution in [0.15, 0.2) is 0 Å². The molecule has 86 valence electrons. The normalized spacial score (nSPS) is 18.0. The van der Waals surface area contributed by atoms with Crippen LogP contribution in [0.2, 0.25) is 0 Å². The zero-order valence-electron chi connectivity index (χ0n) is 8.43. The quantitative estimate of drug-likeness (QED) is 0.573. The van der Waals surface area contributed by atoms with Crippen molar-refractivity contribution < 1.29 is 17.6 Å². The largest absolute Gasteiger partial charge is 0.486 e. The molecule has 0 aliphatic carbocycles. The molecule has 0 aliphatic rings. The van der Waals surface area contributed by atoms with Crippen LogP contribution in [0.3, 0.4) is 0 Å². The molecule has 14 heavy (non-hydrogen) atoms. The van der Waals surface area contributed by atoms with Crippen molar-refractivity contribution >= 4 is 35.9 Å². The number of phosphoric acid groups is 1. The summed E-state index contributed by atoms with van der Waals surface area (Å²) in [6.07, 6.45) is 0.514. The lowest BCUT2D eigenvalue weighted by Crippen LogP contribution is -2.05. The maximum absolute atomic E-state index is 11.8. The van der Waals surface area contributed by atoms with Crippen molar-refractivity contribution in [2.24, 2.45) is 0 Å². The van der Waals surface area contributed by atoms with Gasteiger partial charge in [-0.25, -0.2) is 8.54 Å². The molecule has 0 bridgehead atoms. The summed E-state index contributed by atoms with van der Waals surface area (Å²) in [6.45, 7) is 5.74. The average Bonchev–Trinajstić information content (AvgIpc) is 1.97. The van der Waals surface area contributed by atoms with Gasteiger partial charge >= 0.3 is 7.82 Å². The smallest absolute Gasteiger partial charge is 0.286 e. The van der Waals surface area contributed by atoms with Gasteiger partial charge in [-0.15, -0.1) is 0 Å². The molecule has 0 fully saturated rings. The maximum atomic E-state index is 11.8. The van der Waals surface area contributed by atoms with Crippen molar-refractivity contribution in [2.75, 3.05) is 6.61 Å². The summed E-state index contributed by atoms with van der Waals surface area (Å²) in [7, 11) is -1.77. The second kappa shape index (κ2) is 7.29. The van der Waals surface area contributed by atoms with Gasteiger partial charge in [-0.1, -0.05) is 14.9 Å². The first-order chi connectivity index (χ1) is 6.39. The fraction of sp³-hybridized carbons (Fsp3) is 1.00. The summed E-state index contributed by atoms with van der Waals surface area (Å²) in [5, 5.41) is 0. The van der Waals surface area contributed by atoms with Gasteiger partial charge in [0.2, 0.25) is 0 Å². The van der Waals surface area contributed by atoms with E-state index in [4.69, 9.17) is 24.2 Å². The maximum Gasteiger partial charge on any atom is 0.486 e. The Bertz CT molecular complexity index is 269. The van der Waals surface area contributed by atoms with Crippen molar-refractivity contribution in [1.82, 2.24) is 0 Å². The summed E-state index contributed by atoms with van der Waals surface area (Å²) in [5.41, 5.74) is 0. The van der Waals surface area contributed by atoms with Crippen LogP contribution in [0.5, 0.6) is 0 Å². The van der Waals surface area contributed by atoms with E-state index in [1.54, 1.807) is 13.8 Å². The minimum atomic E-state index is -3.47. The van der Waals surface area contributed by atoms with Gasteiger partial charge in [0, 0.05) is 0 Å². The van der Waals surface area contributed by atoms with E-state index in [-0.39, 0.29) is 6.10 Å². The number of phosphoric ester groups is 1. The molecule has 0 amide bonds. The van der Waals surface area contributed by atoms with E-state index in [0.29, 0.717) is 6.61 Å². The highest BCUT2D eigenvalue weighted by atomic mass is 32.9. The Balaban J connectivity index is 4.41. The first-order valence-electron chi connectivity index (χ1n) is 4.21. The number of hydrogen-bond acceptors (Lipinski definition) is 5. The summed E-state index contributed by atoms with van der Waals surface area (Å²) in [4.78, 5) is 0. The molecule has 0 N–H and O–H groups in total. The topological polar surface area (TPSA) is 44.8 Å². The monoisotopic (exact) mass is 278 g/mol. The van der Waals surface area contributed by atoms with Crippen molar-refractivity contribution in [3.05, 3.63) is 0 Å². The van der Waals surface area contributed by atoms with Gasteiger partial charge in [-0.2, -0.15) is 0 Å². The van der Waals surface area contributed by atoms with Crippen molar-refractivity contribution in [3.8, 4) is 0 Å². The Morgan fingerprint density at radius 2 is 2.14 bits per heavy atom. The molecule has 0 saturated heterocycles. The molecule has 0 aromatic carbocycles. The van der Waals surface area contributed by atoms with Crippen LogP contribution in [0, 0.1) is 0 Å². The molecule has 0 aromatic rings. The zero-order chi connectivity index (χ0) is 11.2. The lowest BCUT2D eigenvalue weighted by molar-refractivity contribution is 0.132. The van der Waals surface area contributed by atoms with Crippen molar-refractivity contribution in [1.29, 1.82) is 0 Å². The Kier molecular flexibility index (Phi) is 7.80. The van der Waals surface area contributed by atoms with Gasteiger partial charge in [0.15, 0.2) is 0 Å². The van der Waals surface area contributed by atoms with E-state index < -0.39 is 16.7 Å². The number of rotatable bonds is 7. The molecule has 0 aliphatic heterocycles. The van der Waals surface area contributed by atoms with Gasteiger partial charge in [0.1, 0.15) is 0 Å². The molecule has 2 unspecified atom stereocenters. The predicted octanol–water partition coefficient (Wildman–Crippen LogP) is 2.75. The molecule has 0 radical (unpaired) electrons. The Morgan fingerprint density at radius 3 is 2.50 bits per heavy atom. The molecule has 4 nitrogen and oxygen atoms in total. The summed E-state index contributed by atoms with van der Waals surface area (Å²) >= 11 is 4.75. The first-order valence-corrected chi connectivity index (χ1v) is 9.28. The second-order valence-corrected chi connectivity index (χ2v) is 8.49. The highest BCUT2D eigenvalue weighted by molar-refractivity contribution is 8.37. The molecule has 0 aromatic heterocycles. The molecule has 2 atom stereocenters. The molecular weight excluding hydrogens is 262 g/mol. The number of hydrogen-bond donors (Lipinski definition) is 1. The molecule has 8 heteroatoms. The third-order valence-electron chi connectivity index (χ3n) is 0.968. The van der Waals surface area contributed by atoms with E-state index in [2.05, 4.69) is 8.02 Å². The summed E-state index contributed by atoms with van der Waals surface area (Å²) in [5.74, 6) is 0. The van der Waals surface area contributed by atoms with E-state index in [1.165, 1.54) is 0 Å². The average molecular weight is 278 g/mol. The van der Waals surface area contributed by atoms with Crippen LogP contribution >= 0.6 is 15.8 Å². The Labute approximate surface area is 93.6 Å². The van der Waals surface area contributed by atoms with Gasteiger partial charge in [-0.3, -0.25) is 9.05 Å². The fourth-order valence-corrected chi connectivity index (χ4v) is 4.31. The highest BCUT2D eigenvalue weighted by Gasteiger charge is 2.27. The van der Waals surface area contributed by atoms with Crippen LogP contribution in [0.1, 0.15) is 27.2 Å². The molecule has 0 saturated carbocycles. The minimum Gasteiger partial charge on any atom is -0.286 e. The molecule has 0 spiro atoms. The second-order valence-electron chi connectivity index (χ2n) is 2.77. The van der Waals surface area contributed by atoms with E-state index >= 15 is 0 Å². The third kappa shape index (κ3) is 7.30. The molecule has 0 heterocycles. The van der Waals surface area contributed by atoms with Crippen LogP contribution in [0.4, 0.5) is 0 Å². The molecule has 0 rings (SSSR count). The van der Waals surface area contributed by atoms with Crippen molar-refractivity contribution in [2.45, 2.75) is 33.3 Å². The van der Waals surface area contributed by atoms with E-state index in [0.717, 1.165) is 6.42 Å². The third-order valence-corrected chi connectivity index (χ3v) is 4.87. The van der Waals surface area contributed by atoms with Crippen LogP contribution in [0.25, 0.3) is 0 Å². The number of thiol groups is 1. The van der Waals surface area contributed by atoms with E-state index in [9.17, 15) is 4.57 Å². The lowest BCUT2D eigenvalue weighted by Gasteiger charge is -2.17. The van der Waals surface area contributed by atoms with Crippen LogP contribution < -0.4 is 0 Å². The van der Waals surface area contributed by atoms with Gasteiger partial charge in [-0.05, 0) is 40.4 Å². The SMILES string of the molecule is CCCOP(=O)(OC(C)C)O[SH](=P)=S. The minimum absolute atomic E-state index is 0.227. The lowest BCUT2D eigenvalue weighted by atomic mass is 10.5. The molecular formula is C6H16O4P2S2. The fourth-order valence-electron chi connectivity index (χ4n) is 0.625. The van der Waals surface area contributed by atoms with Crippen molar-refractivity contribution in [3.63, 3.8) is 0 Å². The Hall–Kier alpha value is 0.980. The van der Waals surface area contributed by atoms with E-state index in [1.807, 2.05) is 6.92 Å². The first kappa shape index (κ1) is 15.0. The zero-order valence-corrected chi connectivity index (χ0v) is 12.0. The highest BCUT2D eigenvalue weighted by Crippen LogP contribution is 2.51. The van der Waals surface area contributed by atoms with Crippen LogP contribution in [-0.2, 0) is 37.7 Å². The van der Waals surface area contributed by atoms with Crippen LogP contribution in [-0.4, -0.2) is 12.7 Å². The van der Waals surface area contributed by atoms with Gasteiger partial charge < -0.3 is 0 Å². The predicted molar refractivity (Wildman–Crippen MR) is 65.6 cm³/mol. The summed E-state index contributed by atoms with van der Waals surface area (Å²) < 4.78 is 26.9. The van der Waals surface area contributed by atoms with Gasteiger partial charge in [0.05, 0.1) is 12.7 Å². The van der Waals surface area contributed by atoms with Gasteiger partial charge in [0.25, 0.3) is 0 Å². The summed E-state index contributed by atoms with van der Waals surface area (Å²) in [6, 6.07) is 0. The standard InChI is InChI=1S/C6H16O4P2S2/c1-4-5-8-12(7,9-6(2)3)10-14(11)13/h6,11,14H,4-5H2,1-3H3.